The summed E-state index contributed by atoms with van der Waals surface area (Å²) >= 11 is 1.45. The van der Waals surface area contributed by atoms with E-state index in [1.807, 2.05) is 6.92 Å². The summed E-state index contributed by atoms with van der Waals surface area (Å²) in [6, 6.07) is -0.0714. The Kier molecular flexibility index (Phi) is 6.56. The molecule has 3 N–H and O–H groups in total. The van der Waals surface area contributed by atoms with Gasteiger partial charge in [0.2, 0.25) is 0 Å². The van der Waals surface area contributed by atoms with Gasteiger partial charge in [0.1, 0.15) is 10.7 Å². The van der Waals surface area contributed by atoms with Crippen LogP contribution < -0.4 is 11.1 Å². The van der Waals surface area contributed by atoms with Gasteiger partial charge in [0.05, 0.1) is 19.3 Å². The van der Waals surface area contributed by atoms with E-state index in [0.717, 1.165) is 50.7 Å². The van der Waals surface area contributed by atoms with Crippen LogP contribution >= 0.6 is 11.3 Å². The first kappa shape index (κ1) is 16.4. The number of aromatic nitrogens is 1. The van der Waals surface area contributed by atoms with Crippen LogP contribution in [0.2, 0.25) is 0 Å². The Morgan fingerprint density at radius 1 is 1.57 bits per heavy atom. The molecule has 1 aromatic rings. The molecule has 1 aliphatic rings. The van der Waals surface area contributed by atoms with Crippen LogP contribution in [0.3, 0.4) is 0 Å². The SMILES string of the molecule is CCC(N)c1nc(C(=O)NCCCN2CCOCC2)cs1. The second kappa shape index (κ2) is 8.43. The summed E-state index contributed by atoms with van der Waals surface area (Å²) in [6.07, 6.45) is 1.77. The molecule has 1 amide bonds. The average Bonchev–Trinajstić information content (AvgIpc) is 3.01. The fourth-order valence-corrected chi connectivity index (χ4v) is 3.04. The number of carbonyl (C=O) groups is 1. The van der Waals surface area contributed by atoms with E-state index in [1.165, 1.54) is 11.3 Å². The van der Waals surface area contributed by atoms with Crippen LogP contribution in [0.1, 0.15) is 41.3 Å². The van der Waals surface area contributed by atoms with Gasteiger partial charge in [-0.05, 0) is 19.4 Å². The van der Waals surface area contributed by atoms with Gasteiger partial charge in [-0.3, -0.25) is 9.69 Å². The summed E-state index contributed by atoms with van der Waals surface area (Å²) < 4.78 is 5.30. The first-order valence-electron chi connectivity index (χ1n) is 7.50. The summed E-state index contributed by atoms with van der Waals surface area (Å²) in [6.45, 7) is 7.26. The number of rotatable bonds is 7. The molecular formula is C14H24N4O2S. The third-order valence-corrected chi connectivity index (χ3v) is 4.53. The highest BCUT2D eigenvalue weighted by molar-refractivity contribution is 7.09. The molecule has 0 radical (unpaired) electrons. The molecule has 1 atom stereocenters. The lowest BCUT2D eigenvalue weighted by atomic mass is 10.2. The lowest BCUT2D eigenvalue weighted by Gasteiger charge is -2.26. The third kappa shape index (κ3) is 5.03. The van der Waals surface area contributed by atoms with E-state index in [2.05, 4.69) is 15.2 Å². The zero-order valence-corrected chi connectivity index (χ0v) is 13.3. The maximum absolute atomic E-state index is 12.0. The fourth-order valence-electron chi connectivity index (χ4n) is 2.16. The standard InChI is InChI=1S/C14H24N4O2S/c1-2-11(15)14-17-12(10-21-14)13(19)16-4-3-5-18-6-8-20-9-7-18/h10-11H,2-9,15H2,1H3,(H,16,19). The molecule has 0 spiro atoms. The Morgan fingerprint density at radius 2 is 2.33 bits per heavy atom. The molecule has 118 valence electrons. The molecule has 0 saturated carbocycles. The number of nitrogens with zero attached hydrogens (tertiary/aromatic N) is 2. The Hall–Kier alpha value is -1.02. The number of nitrogens with two attached hydrogens (primary N) is 1. The van der Waals surface area contributed by atoms with Gasteiger partial charge < -0.3 is 15.8 Å². The minimum Gasteiger partial charge on any atom is -0.379 e. The van der Waals surface area contributed by atoms with Gasteiger partial charge in [0, 0.05) is 25.0 Å². The van der Waals surface area contributed by atoms with Crippen molar-refractivity contribution in [3.8, 4) is 0 Å². The van der Waals surface area contributed by atoms with Gasteiger partial charge in [-0.15, -0.1) is 11.3 Å². The molecule has 2 heterocycles. The molecular weight excluding hydrogens is 288 g/mol. The summed E-state index contributed by atoms with van der Waals surface area (Å²) in [7, 11) is 0. The first-order chi connectivity index (χ1) is 10.2. The smallest absolute Gasteiger partial charge is 0.270 e. The van der Waals surface area contributed by atoms with Gasteiger partial charge in [0.15, 0.2) is 0 Å². The van der Waals surface area contributed by atoms with Crippen molar-refractivity contribution >= 4 is 17.2 Å². The minimum atomic E-state index is -0.109. The Morgan fingerprint density at radius 3 is 3.05 bits per heavy atom. The van der Waals surface area contributed by atoms with Gasteiger partial charge in [-0.2, -0.15) is 0 Å². The predicted octanol–water partition coefficient (Wildman–Crippen LogP) is 1.00. The zero-order chi connectivity index (χ0) is 15.1. The van der Waals surface area contributed by atoms with Crippen molar-refractivity contribution in [3.05, 3.63) is 16.1 Å². The quantitative estimate of drug-likeness (QED) is 0.734. The Bertz CT molecular complexity index is 446. The van der Waals surface area contributed by atoms with E-state index in [0.29, 0.717) is 12.2 Å². The largest absolute Gasteiger partial charge is 0.379 e. The fraction of sp³-hybridized carbons (Fsp3) is 0.714. The van der Waals surface area contributed by atoms with Crippen LogP contribution in [0.25, 0.3) is 0 Å². The van der Waals surface area contributed by atoms with Crippen molar-refractivity contribution in [3.63, 3.8) is 0 Å². The lowest BCUT2D eigenvalue weighted by molar-refractivity contribution is 0.0374. The third-order valence-electron chi connectivity index (χ3n) is 3.55. The molecule has 7 heteroatoms. The van der Waals surface area contributed by atoms with Crippen LogP contribution in [-0.2, 0) is 4.74 Å². The molecule has 0 aliphatic carbocycles. The first-order valence-corrected chi connectivity index (χ1v) is 8.38. The highest BCUT2D eigenvalue weighted by Crippen LogP contribution is 2.18. The van der Waals surface area contributed by atoms with Crippen molar-refractivity contribution in [1.82, 2.24) is 15.2 Å². The molecule has 1 fully saturated rings. The number of nitrogens with one attached hydrogen (secondary N) is 1. The summed E-state index contributed by atoms with van der Waals surface area (Å²) in [4.78, 5) is 18.6. The molecule has 21 heavy (non-hydrogen) atoms. The molecule has 0 aromatic carbocycles. The predicted molar refractivity (Wildman–Crippen MR) is 83.5 cm³/mol. The van der Waals surface area contributed by atoms with Crippen molar-refractivity contribution in [2.75, 3.05) is 39.4 Å². The molecule has 0 bridgehead atoms. The number of morpholine rings is 1. The van der Waals surface area contributed by atoms with E-state index in [4.69, 9.17) is 10.5 Å². The monoisotopic (exact) mass is 312 g/mol. The average molecular weight is 312 g/mol. The van der Waals surface area contributed by atoms with Crippen LogP contribution in [-0.4, -0.2) is 55.2 Å². The number of ether oxygens (including phenoxy) is 1. The van der Waals surface area contributed by atoms with E-state index < -0.39 is 0 Å². The lowest BCUT2D eigenvalue weighted by Crippen LogP contribution is -2.38. The molecule has 1 aromatic heterocycles. The zero-order valence-electron chi connectivity index (χ0n) is 12.5. The normalized spacial score (nSPS) is 17.6. The molecule has 1 aliphatic heterocycles. The van der Waals surface area contributed by atoms with E-state index >= 15 is 0 Å². The molecule has 2 rings (SSSR count). The molecule has 1 saturated heterocycles. The maximum atomic E-state index is 12.0. The van der Waals surface area contributed by atoms with Crippen molar-refractivity contribution in [2.45, 2.75) is 25.8 Å². The number of amides is 1. The van der Waals surface area contributed by atoms with Crippen LogP contribution in [0.15, 0.2) is 5.38 Å². The molecule has 1 unspecified atom stereocenters. The van der Waals surface area contributed by atoms with Crippen molar-refractivity contribution in [2.24, 2.45) is 5.73 Å². The van der Waals surface area contributed by atoms with Gasteiger partial charge in [-0.25, -0.2) is 4.98 Å². The topological polar surface area (TPSA) is 80.5 Å². The van der Waals surface area contributed by atoms with Crippen LogP contribution in [0, 0.1) is 0 Å². The molecule has 6 nitrogen and oxygen atoms in total. The van der Waals surface area contributed by atoms with Crippen LogP contribution in [0.5, 0.6) is 0 Å². The maximum Gasteiger partial charge on any atom is 0.270 e. The summed E-state index contributed by atoms with van der Waals surface area (Å²) in [5, 5.41) is 5.52. The van der Waals surface area contributed by atoms with Crippen LogP contribution in [0.4, 0.5) is 0 Å². The van der Waals surface area contributed by atoms with E-state index in [9.17, 15) is 4.79 Å². The van der Waals surface area contributed by atoms with Gasteiger partial charge >= 0.3 is 0 Å². The Balaban J connectivity index is 1.68. The second-order valence-electron chi connectivity index (χ2n) is 5.15. The van der Waals surface area contributed by atoms with E-state index in [-0.39, 0.29) is 11.9 Å². The summed E-state index contributed by atoms with van der Waals surface area (Å²) in [5.41, 5.74) is 6.39. The second-order valence-corrected chi connectivity index (χ2v) is 6.04. The number of thiazole rings is 1. The Labute approximate surface area is 129 Å². The number of hydrogen-bond donors (Lipinski definition) is 2. The van der Waals surface area contributed by atoms with Gasteiger partial charge in [-0.1, -0.05) is 6.92 Å². The highest BCUT2D eigenvalue weighted by Gasteiger charge is 2.14. The number of hydrogen-bond acceptors (Lipinski definition) is 6. The summed E-state index contributed by atoms with van der Waals surface area (Å²) in [5.74, 6) is -0.109. The highest BCUT2D eigenvalue weighted by atomic mass is 32.1. The minimum absolute atomic E-state index is 0.0714. The number of carbonyl (C=O) groups excluding carboxylic acids is 1. The van der Waals surface area contributed by atoms with E-state index in [1.54, 1.807) is 5.38 Å². The van der Waals surface area contributed by atoms with Crippen molar-refractivity contribution < 1.29 is 9.53 Å². The van der Waals surface area contributed by atoms with Gasteiger partial charge in [0.25, 0.3) is 5.91 Å². The van der Waals surface area contributed by atoms with Crippen molar-refractivity contribution in [1.29, 1.82) is 0 Å².